The average Bonchev–Trinajstić information content (AvgIpc) is 3.18. The van der Waals surface area contributed by atoms with Crippen LogP contribution in [0, 0.1) is 0 Å². The molecule has 0 aliphatic heterocycles. The molecule has 1 N–H and O–H groups in total. The van der Waals surface area contributed by atoms with E-state index in [0.29, 0.717) is 10.6 Å². The van der Waals surface area contributed by atoms with Crippen molar-refractivity contribution in [3.63, 3.8) is 0 Å². The lowest BCUT2D eigenvalue weighted by molar-refractivity contribution is 0.600. The van der Waals surface area contributed by atoms with Crippen molar-refractivity contribution in [1.82, 2.24) is 10.2 Å². The molecule has 3 aromatic carbocycles. The molecule has 0 saturated heterocycles. The van der Waals surface area contributed by atoms with Gasteiger partial charge in [-0.2, -0.15) is 0 Å². The molecular weight excluding hydrogens is 438 g/mol. The quantitative estimate of drug-likeness (QED) is 0.409. The van der Waals surface area contributed by atoms with Gasteiger partial charge < -0.3 is 0 Å². The van der Waals surface area contributed by atoms with Crippen molar-refractivity contribution in [2.45, 2.75) is 11.7 Å². The highest BCUT2D eigenvalue weighted by atomic mass is 35.5. The zero-order valence-corrected chi connectivity index (χ0v) is 18.2. The molecule has 0 bridgehead atoms. The number of hydrogen-bond acceptors (Lipinski definition) is 5. The summed E-state index contributed by atoms with van der Waals surface area (Å²) in [7, 11) is -3.63. The Hall–Kier alpha value is -2.74. The number of nitrogens with one attached hydrogen (secondary N) is 1. The Morgan fingerprint density at radius 3 is 1.97 bits per heavy atom. The van der Waals surface area contributed by atoms with Gasteiger partial charge in [-0.15, -0.1) is 10.2 Å². The number of benzene rings is 3. The van der Waals surface area contributed by atoms with Crippen molar-refractivity contribution in [2.24, 2.45) is 0 Å². The minimum absolute atomic E-state index is 0.126. The van der Waals surface area contributed by atoms with E-state index >= 15 is 0 Å². The van der Waals surface area contributed by atoms with Crippen molar-refractivity contribution in [3.05, 3.63) is 112 Å². The molecule has 4 aromatic rings. The molecule has 152 valence electrons. The maximum Gasteiger partial charge on any atom is 0.238 e. The molecule has 0 amide bonds. The summed E-state index contributed by atoms with van der Waals surface area (Å²) in [6, 6.07) is 26.7. The lowest BCUT2D eigenvalue weighted by Crippen LogP contribution is -2.14. The van der Waals surface area contributed by atoms with Crippen LogP contribution >= 0.6 is 22.9 Å². The van der Waals surface area contributed by atoms with Gasteiger partial charge >= 0.3 is 0 Å². The molecule has 0 saturated carbocycles. The molecule has 0 unspecified atom stereocenters. The van der Waals surface area contributed by atoms with Gasteiger partial charge in [0.15, 0.2) is 0 Å². The van der Waals surface area contributed by atoms with Crippen LogP contribution in [-0.4, -0.2) is 18.6 Å². The molecule has 0 fully saturated rings. The number of aromatic nitrogens is 2. The fraction of sp³-hybridized carbons (Fsp3) is 0.0909. The van der Waals surface area contributed by atoms with Crippen LogP contribution in [0.1, 0.15) is 27.6 Å². The third kappa shape index (κ3) is 5.05. The van der Waals surface area contributed by atoms with Crippen LogP contribution in [-0.2, 0) is 15.8 Å². The molecule has 1 heterocycles. The molecular formula is C22H18ClN3O2S2. The minimum atomic E-state index is -3.63. The van der Waals surface area contributed by atoms with E-state index in [2.05, 4.69) is 14.9 Å². The molecule has 8 heteroatoms. The number of nitrogens with zero attached hydrogens (tertiary/aromatic N) is 2. The van der Waals surface area contributed by atoms with Crippen LogP contribution in [0.2, 0.25) is 5.02 Å². The molecule has 0 aliphatic carbocycles. The highest BCUT2D eigenvalue weighted by molar-refractivity contribution is 7.92. The van der Waals surface area contributed by atoms with Gasteiger partial charge in [-0.05, 0) is 28.8 Å². The van der Waals surface area contributed by atoms with E-state index in [4.69, 9.17) is 11.6 Å². The molecule has 30 heavy (non-hydrogen) atoms. The van der Waals surface area contributed by atoms with E-state index < -0.39 is 10.0 Å². The first kappa shape index (κ1) is 20.5. The lowest BCUT2D eigenvalue weighted by atomic mass is 9.92. The van der Waals surface area contributed by atoms with E-state index in [-0.39, 0.29) is 16.8 Å². The van der Waals surface area contributed by atoms with Gasteiger partial charge in [0.1, 0.15) is 5.01 Å². The van der Waals surface area contributed by atoms with Crippen LogP contribution in [0.4, 0.5) is 5.13 Å². The first-order chi connectivity index (χ1) is 14.5. The Morgan fingerprint density at radius 1 is 0.833 bits per heavy atom. The molecule has 0 spiro atoms. The van der Waals surface area contributed by atoms with Crippen LogP contribution in [0.15, 0.2) is 84.9 Å². The van der Waals surface area contributed by atoms with Gasteiger partial charge in [-0.25, -0.2) is 8.42 Å². The van der Waals surface area contributed by atoms with Gasteiger partial charge in [0.2, 0.25) is 15.2 Å². The highest BCUT2D eigenvalue weighted by Crippen LogP contribution is 2.35. The number of anilines is 1. The Kier molecular flexibility index (Phi) is 6.13. The van der Waals surface area contributed by atoms with Gasteiger partial charge in [-0.1, -0.05) is 95.7 Å². The highest BCUT2D eigenvalue weighted by Gasteiger charge is 2.22. The summed E-state index contributed by atoms with van der Waals surface area (Å²) in [4.78, 5) is 0. The summed E-state index contributed by atoms with van der Waals surface area (Å²) >= 11 is 7.10. The molecule has 1 aromatic heterocycles. The summed E-state index contributed by atoms with van der Waals surface area (Å²) in [6.07, 6.45) is 0. The monoisotopic (exact) mass is 455 g/mol. The maximum absolute atomic E-state index is 12.6. The second-order valence-electron chi connectivity index (χ2n) is 6.69. The van der Waals surface area contributed by atoms with Crippen LogP contribution in [0.25, 0.3) is 0 Å². The van der Waals surface area contributed by atoms with Crippen LogP contribution < -0.4 is 4.72 Å². The Labute approximate surface area is 184 Å². The van der Waals surface area contributed by atoms with Gasteiger partial charge in [-0.3, -0.25) is 4.72 Å². The lowest BCUT2D eigenvalue weighted by Gasteiger charge is -2.14. The number of halogens is 1. The predicted molar refractivity (Wildman–Crippen MR) is 121 cm³/mol. The molecule has 0 radical (unpaired) electrons. The smallest absolute Gasteiger partial charge is 0.238 e. The van der Waals surface area contributed by atoms with Gasteiger partial charge in [0.05, 0.1) is 11.7 Å². The van der Waals surface area contributed by atoms with Crippen molar-refractivity contribution in [1.29, 1.82) is 0 Å². The van der Waals surface area contributed by atoms with Crippen molar-refractivity contribution in [2.75, 3.05) is 4.72 Å². The zero-order valence-electron chi connectivity index (χ0n) is 15.8. The first-order valence-corrected chi connectivity index (χ1v) is 12.0. The average molecular weight is 456 g/mol. The second kappa shape index (κ2) is 8.95. The fourth-order valence-electron chi connectivity index (χ4n) is 3.13. The fourth-order valence-corrected chi connectivity index (χ4v) is 5.57. The molecule has 4 rings (SSSR count). The third-order valence-electron chi connectivity index (χ3n) is 4.47. The van der Waals surface area contributed by atoms with E-state index in [1.807, 2.05) is 60.7 Å². The van der Waals surface area contributed by atoms with E-state index in [9.17, 15) is 8.42 Å². The number of rotatable bonds is 7. The van der Waals surface area contributed by atoms with Gasteiger partial charge in [0, 0.05) is 5.02 Å². The second-order valence-corrected chi connectivity index (χ2v) is 9.86. The Balaban J connectivity index is 1.59. The van der Waals surface area contributed by atoms with E-state index in [0.717, 1.165) is 16.1 Å². The largest absolute Gasteiger partial charge is 0.257 e. The summed E-state index contributed by atoms with van der Waals surface area (Å²) in [5.41, 5.74) is 2.77. The molecule has 5 nitrogen and oxygen atoms in total. The maximum atomic E-state index is 12.6. The molecule has 0 aliphatic rings. The summed E-state index contributed by atoms with van der Waals surface area (Å²) in [6.45, 7) is 0. The van der Waals surface area contributed by atoms with Crippen LogP contribution in [0.5, 0.6) is 0 Å². The number of hydrogen-bond donors (Lipinski definition) is 1. The Morgan fingerprint density at radius 2 is 1.40 bits per heavy atom. The predicted octanol–water partition coefficient (Wildman–Crippen LogP) is 5.31. The third-order valence-corrected chi connectivity index (χ3v) is 6.97. The van der Waals surface area contributed by atoms with E-state index in [1.165, 1.54) is 11.3 Å². The van der Waals surface area contributed by atoms with Crippen LogP contribution in [0.3, 0.4) is 0 Å². The van der Waals surface area contributed by atoms with Crippen molar-refractivity contribution < 1.29 is 8.42 Å². The normalized spacial score (nSPS) is 11.5. The summed E-state index contributed by atoms with van der Waals surface area (Å²) in [5, 5.41) is 9.91. The number of sulfonamides is 1. The topological polar surface area (TPSA) is 72.0 Å². The SMILES string of the molecule is O=S(=O)(Cc1ccc(Cl)cc1)Nc1nnc(C(c2ccccc2)c2ccccc2)s1. The van der Waals surface area contributed by atoms with Gasteiger partial charge in [0.25, 0.3) is 0 Å². The van der Waals surface area contributed by atoms with E-state index in [1.54, 1.807) is 24.3 Å². The van der Waals surface area contributed by atoms with Crippen molar-refractivity contribution in [3.8, 4) is 0 Å². The standard InChI is InChI=1S/C22H18ClN3O2S2/c23-19-13-11-16(12-14-19)15-30(27,28)26-22-25-24-21(29-22)20(17-7-3-1-4-8-17)18-9-5-2-6-10-18/h1-14,20H,15H2,(H,25,26). The van der Waals surface area contributed by atoms with Crippen molar-refractivity contribution >= 4 is 38.1 Å². The summed E-state index contributed by atoms with van der Waals surface area (Å²) in [5.74, 6) is -0.292. The summed E-state index contributed by atoms with van der Waals surface area (Å²) < 4.78 is 27.7. The minimum Gasteiger partial charge on any atom is -0.257 e. The Bertz CT molecular complexity index is 1170. The molecule has 0 atom stereocenters. The zero-order chi connectivity index (χ0) is 21.0. The first-order valence-electron chi connectivity index (χ1n) is 9.18.